The molecule has 0 radical (unpaired) electrons. The SMILES string of the molecule is Cc1ccc(C#N)cc1NCC(O)CC1CCCC1. The first-order valence-electron chi connectivity index (χ1n) is 7.11. The summed E-state index contributed by atoms with van der Waals surface area (Å²) in [6.07, 6.45) is 5.75. The lowest BCUT2D eigenvalue weighted by molar-refractivity contribution is 0.155. The summed E-state index contributed by atoms with van der Waals surface area (Å²) in [7, 11) is 0. The Bertz CT molecular complexity index is 458. The molecule has 3 nitrogen and oxygen atoms in total. The summed E-state index contributed by atoms with van der Waals surface area (Å²) in [6.45, 7) is 2.57. The third-order valence-corrected chi connectivity index (χ3v) is 3.97. The Hall–Kier alpha value is -1.53. The van der Waals surface area contributed by atoms with Crippen molar-refractivity contribution in [3.63, 3.8) is 0 Å². The molecule has 0 saturated heterocycles. The van der Waals surface area contributed by atoms with Crippen LogP contribution in [0.15, 0.2) is 18.2 Å². The Balaban J connectivity index is 1.85. The first kappa shape index (κ1) is 13.9. The number of aliphatic hydroxyl groups is 1. The number of hydrogen-bond donors (Lipinski definition) is 2. The van der Waals surface area contributed by atoms with Crippen LogP contribution in [0.4, 0.5) is 5.69 Å². The predicted molar refractivity (Wildman–Crippen MR) is 77.0 cm³/mol. The van der Waals surface area contributed by atoms with Crippen LogP contribution in [-0.2, 0) is 0 Å². The van der Waals surface area contributed by atoms with Crippen molar-refractivity contribution in [3.05, 3.63) is 29.3 Å². The van der Waals surface area contributed by atoms with Gasteiger partial charge < -0.3 is 10.4 Å². The largest absolute Gasteiger partial charge is 0.391 e. The lowest BCUT2D eigenvalue weighted by Crippen LogP contribution is -2.22. The normalized spacial score (nSPS) is 17.1. The van der Waals surface area contributed by atoms with Crippen molar-refractivity contribution in [2.24, 2.45) is 5.92 Å². The summed E-state index contributed by atoms with van der Waals surface area (Å²) >= 11 is 0. The molecule has 2 N–H and O–H groups in total. The lowest BCUT2D eigenvalue weighted by Gasteiger charge is -2.17. The molecule has 1 unspecified atom stereocenters. The Labute approximate surface area is 115 Å². The highest BCUT2D eigenvalue weighted by Gasteiger charge is 2.18. The van der Waals surface area contributed by atoms with Crippen molar-refractivity contribution >= 4 is 5.69 Å². The van der Waals surface area contributed by atoms with Gasteiger partial charge in [-0.05, 0) is 37.0 Å². The van der Waals surface area contributed by atoms with Crippen molar-refractivity contribution < 1.29 is 5.11 Å². The number of nitriles is 1. The molecule has 0 aromatic heterocycles. The maximum absolute atomic E-state index is 10.1. The van der Waals surface area contributed by atoms with E-state index in [0.717, 1.165) is 17.7 Å². The van der Waals surface area contributed by atoms with Gasteiger partial charge in [-0.2, -0.15) is 5.26 Å². The van der Waals surface area contributed by atoms with E-state index >= 15 is 0 Å². The highest BCUT2D eigenvalue weighted by molar-refractivity contribution is 5.55. The minimum absolute atomic E-state index is 0.298. The van der Waals surface area contributed by atoms with Gasteiger partial charge in [0, 0.05) is 12.2 Å². The molecule has 2 rings (SSSR count). The number of nitrogens with zero attached hydrogens (tertiary/aromatic N) is 1. The Kier molecular flexibility index (Phi) is 4.81. The highest BCUT2D eigenvalue weighted by Crippen LogP contribution is 2.28. The molecule has 1 atom stereocenters. The highest BCUT2D eigenvalue weighted by atomic mass is 16.3. The zero-order valence-electron chi connectivity index (χ0n) is 11.5. The zero-order chi connectivity index (χ0) is 13.7. The number of aliphatic hydroxyl groups excluding tert-OH is 1. The maximum Gasteiger partial charge on any atom is 0.0992 e. The third kappa shape index (κ3) is 3.97. The van der Waals surface area contributed by atoms with Crippen LogP contribution in [0.5, 0.6) is 0 Å². The van der Waals surface area contributed by atoms with E-state index in [0.29, 0.717) is 18.0 Å². The second kappa shape index (κ2) is 6.58. The molecule has 1 aromatic carbocycles. The van der Waals surface area contributed by atoms with E-state index in [1.165, 1.54) is 25.7 Å². The second-order valence-electron chi connectivity index (χ2n) is 5.56. The fraction of sp³-hybridized carbons (Fsp3) is 0.562. The third-order valence-electron chi connectivity index (χ3n) is 3.97. The number of benzene rings is 1. The molecule has 0 spiro atoms. The van der Waals surface area contributed by atoms with Crippen molar-refractivity contribution in [3.8, 4) is 6.07 Å². The number of anilines is 1. The summed E-state index contributed by atoms with van der Waals surface area (Å²) in [5.74, 6) is 0.698. The monoisotopic (exact) mass is 258 g/mol. The molecule has 0 aliphatic heterocycles. The van der Waals surface area contributed by atoms with E-state index in [-0.39, 0.29) is 6.10 Å². The zero-order valence-corrected chi connectivity index (χ0v) is 11.5. The Morgan fingerprint density at radius 2 is 2.16 bits per heavy atom. The van der Waals surface area contributed by atoms with Crippen molar-refractivity contribution in [1.82, 2.24) is 0 Å². The van der Waals surface area contributed by atoms with Gasteiger partial charge in [0.05, 0.1) is 17.7 Å². The van der Waals surface area contributed by atoms with E-state index in [2.05, 4.69) is 11.4 Å². The van der Waals surface area contributed by atoms with Crippen LogP contribution >= 0.6 is 0 Å². The summed E-state index contributed by atoms with van der Waals surface area (Å²) in [5.41, 5.74) is 2.70. The maximum atomic E-state index is 10.1. The summed E-state index contributed by atoms with van der Waals surface area (Å²) in [6, 6.07) is 7.73. The van der Waals surface area contributed by atoms with Crippen LogP contribution in [0.1, 0.15) is 43.2 Å². The van der Waals surface area contributed by atoms with Crippen LogP contribution in [0.2, 0.25) is 0 Å². The molecular weight excluding hydrogens is 236 g/mol. The molecular formula is C16H22N2O. The predicted octanol–water partition coefficient (Wildman–Crippen LogP) is 3.22. The molecule has 0 amide bonds. The van der Waals surface area contributed by atoms with Gasteiger partial charge in [-0.1, -0.05) is 31.7 Å². The standard InChI is InChI=1S/C16H22N2O/c1-12-6-7-14(10-17)9-16(12)18-11-15(19)8-13-4-2-3-5-13/h6-7,9,13,15,18-19H,2-5,8,11H2,1H3. The molecule has 3 heteroatoms. The van der Waals surface area contributed by atoms with Crippen LogP contribution in [0.3, 0.4) is 0 Å². The number of hydrogen-bond acceptors (Lipinski definition) is 3. The molecule has 0 bridgehead atoms. The number of aryl methyl sites for hydroxylation is 1. The van der Waals surface area contributed by atoms with Gasteiger partial charge >= 0.3 is 0 Å². The second-order valence-corrected chi connectivity index (χ2v) is 5.56. The van der Waals surface area contributed by atoms with E-state index in [1.807, 2.05) is 25.1 Å². The Morgan fingerprint density at radius 1 is 1.42 bits per heavy atom. The number of rotatable bonds is 5. The average molecular weight is 258 g/mol. The average Bonchev–Trinajstić information content (AvgIpc) is 2.90. The van der Waals surface area contributed by atoms with E-state index in [9.17, 15) is 5.11 Å². The van der Waals surface area contributed by atoms with Gasteiger partial charge in [0.15, 0.2) is 0 Å². The molecule has 102 valence electrons. The first-order chi connectivity index (χ1) is 9.19. The number of nitrogens with one attached hydrogen (secondary N) is 1. The van der Waals surface area contributed by atoms with E-state index in [1.54, 1.807) is 0 Å². The molecule has 1 aliphatic carbocycles. The van der Waals surface area contributed by atoms with Gasteiger partial charge in [-0.25, -0.2) is 0 Å². The van der Waals surface area contributed by atoms with E-state index < -0.39 is 0 Å². The Morgan fingerprint density at radius 3 is 2.84 bits per heavy atom. The van der Waals surface area contributed by atoms with Crippen LogP contribution in [-0.4, -0.2) is 17.8 Å². The summed E-state index contributed by atoms with van der Waals surface area (Å²) in [4.78, 5) is 0. The lowest BCUT2D eigenvalue weighted by atomic mass is 10.00. The van der Waals surface area contributed by atoms with Crippen LogP contribution < -0.4 is 5.32 Å². The quantitative estimate of drug-likeness (QED) is 0.852. The van der Waals surface area contributed by atoms with Gasteiger partial charge in [0.25, 0.3) is 0 Å². The molecule has 1 aliphatic rings. The van der Waals surface area contributed by atoms with Gasteiger partial charge in [-0.15, -0.1) is 0 Å². The molecule has 19 heavy (non-hydrogen) atoms. The van der Waals surface area contributed by atoms with Gasteiger partial charge in [0.2, 0.25) is 0 Å². The fourth-order valence-electron chi connectivity index (χ4n) is 2.82. The molecule has 0 heterocycles. The molecule has 1 saturated carbocycles. The minimum Gasteiger partial charge on any atom is -0.391 e. The summed E-state index contributed by atoms with van der Waals surface area (Å²) < 4.78 is 0. The van der Waals surface area contributed by atoms with Crippen LogP contribution in [0.25, 0.3) is 0 Å². The van der Waals surface area contributed by atoms with Crippen LogP contribution in [0, 0.1) is 24.2 Å². The van der Waals surface area contributed by atoms with Crippen molar-refractivity contribution in [1.29, 1.82) is 5.26 Å². The molecule has 1 aromatic rings. The summed E-state index contributed by atoms with van der Waals surface area (Å²) in [5, 5.41) is 22.2. The minimum atomic E-state index is -0.298. The van der Waals surface area contributed by atoms with E-state index in [4.69, 9.17) is 5.26 Å². The van der Waals surface area contributed by atoms with Crippen molar-refractivity contribution in [2.45, 2.75) is 45.1 Å². The molecule has 1 fully saturated rings. The van der Waals surface area contributed by atoms with Gasteiger partial charge in [0.1, 0.15) is 0 Å². The first-order valence-corrected chi connectivity index (χ1v) is 7.11. The van der Waals surface area contributed by atoms with Gasteiger partial charge in [-0.3, -0.25) is 0 Å². The topological polar surface area (TPSA) is 56.0 Å². The van der Waals surface area contributed by atoms with Crippen molar-refractivity contribution in [2.75, 3.05) is 11.9 Å². The smallest absolute Gasteiger partial charge is 0.0992 e. The fourth-order valence-corrected chi connectivity index (χ4v) is 2.82.